The summed E-state index contributed by atoms with van der Waals surface area (Å²) in [5, 5.41) is 11.5. The Bertz CT molecular complexity index is 1090. The van der Waals surface area contributed by atoms with Crippen LogP contribution in [0.5, 0.6) is 11.5 Å². The number of halogens is 1. The summed E-state index contributed by atoms with van der Waals surface area (Å²) < 4.78 is 11.4. The summed E-state index contributed by atoms with van der Waals surface area (Å²) in [4.78, 5) is 2.33. The maximum Gasteiger partial charge on any atom is 0.122 e. The molecule has 1 aliphatic heterocycles. The summed E-state index contributed by atoms with van der Waals surface area (Å²) in [6.07, 6.45) is 2.18. The Morgan fingerprint density at radius 1 is 1.06 bits per heavy atom. The molecule has 0 radical (unpaired) electrons. The van der Waals surface area contributed by atoms with Gasteiger partial charge < -0.3 is 14.6 Å². The van der Waals surface area contributed by atoms with E-state index in [1.165, 1.54) is 16.7 Å². The van der Waals surface area contributed by atoms with E-state index in [-0.39, 0.29) is 6.61 Å². The SMILES string of the molecule is COc1cccc(CCc2ccccc2OCC(O)CN2CCc3ccc(Cl)cc3[C@@H](C)C2)c1. The van der Waals surface area contributed by atoms with Crippen molar-refractivity contribution in [1.82, 2.24) is 4.90 Å². The first-order valence-electron chi connectivity index (χ1n) is 12.0. The Morgan fingerprint density at radius 3 is 2.76 bits per heavy atom. The summed E-state index contributed by atoms with van der Waals surface area (Å²) in [5.41, 5.74) is 5.06. The first-order chi connectivity index (χ1) is 16.5. The lowest BCUT2D eigenvalue weighted by atomic mass is 9.95. The van der Waals surface area contributed by atoms with Gasteiger partial charge in [0.1, 0.15) is 24.2 Å². The second-order valence-corrected chi connectivity index (χ2v) is 9.61. The molecule has 5 heteroatoms. The Balaban J connectivity index is 1.30. The number of para-hydroxylation sites is 1. The van der Waals surface area contributed by atoms with E-state index < -0.39 is 6.10 Å². The van der Waals surface area contributed by atoms with E-state index in [1.54, 1.807) is 7.11 Å². The molecule has 3 aromatic rings. The molecule has 4 rings (SSSR count). The average molecular weight is 480 g/mol. The van der Waals surface area contributed by atoms with Crippen LogP contribution >= 0.6 is 11.6 Å². The number of hydrogen-bond acceptors (Lipinski definition) is 4. The highest BCUT2D eigenvalue weighted by Crippen LogP contribution is 2.28. The number of aliphatic hydroxyl groups is 1. The summed E-state index contributed by atoms with van der Waals surface area (Å²) in [6.45, 7) is 4.93. The second kappa shape index (κ2) is 11.7. The monoisotopic (exact) mass is 479 g/mol. The lowest BCUT2D eigenvalue weighted by Gasteiger charge is -2.25. The smallest absolute Gasteiger partial charge is 0.122 e. The van der Waals surface area contributed by atoms with E-state index in [4.69, 9.17) is 21.1 Å². The minimum atomic E-state index is -0.552. The first-order valence-corrected chi connectivity index (χ1v) is 12.4. The number of hydrogen-bond donors (Lipinski definition) is 1. The van der Waals surface area contributed by atoms with Gasteiger partial charge in [-0.05, 0) is 77.8 Å². The van der Waals surface area contributed by atoms with Crippen LogP contribution in [0.15, 0.2) is 66.7 Å². The van der Waals surface area contributed by atoms with Crippen molar-refractivity contribution in [2.24, 2.45) is 0 Å². The summed E-state index contributed by atoms with van der Waals surface area (Å²) in [5.74, 6) is 2.09. The highest BCUT2D eigenvalue weighted by atomic mass is 35.5. The number of rotatable bonds is 9. The Labute approximate surface area is 208 Å². The van der Waals surface area contributed by atoms with Gasteiger partial charge in [-0.25, -0.2) is 0 Å². The Hall–Kier alpha value is -2.53. The van der Waals surface area contributed by atoms with Crippen LogP contribution in [-0.2, 0) is 19.3 Å². The minimum absolute atomic E-state index is 0.278. The number of β-amino-alcohol motifs (C(OH)–C–C–N with tert-alkyl or cyclic N) is 1. The molecule has 2 atom stereocenters. The highest BCUT2D eigenvalue weighted by Gasteiger charge is 2.22. The standard InChI is InChI=1S/C29H34ClNO3/c1-21-18-31(15-14-23-12-13-25(30)17-28(21)23)19-26(32)20-34-29-9-4-3-7-24(29)11-10-22-6-5-8-27(16-22)33-2/h3-9,12-13,16-17,21,26,32H,10-11,14-15,18-20H2,1-2H3/t21-,26?/m0/s1. The van der Waals surface area contributed by atoms with Crippen molar-refractivity contribution in [3.63, 3.8) is 0 Å². The lowest BCUT2D eigenvalue weighted by Crippen LogP contribution is -2.37. The van der Waals surface area contributed by atoms with E-state index in [1.807, 2.05) is 36.4 Å². The van der Waals surface area contributed by atoms with Gasteiger partial charge in [0, 0.05) is 24.7 Å². The molecule has 4 nitrogen and oxygen atoms in total. The van der Waals surface area contributed by atoms with Gasteiger partial charge in [-0.2, -0.15) is 0 Å². The molecule has 0 bridgehead atoms. The van der Waals surface area contributed by atoms with Crippen molar-refractivity contribution in [1.29, 1.82) is 0 Å². The molecule has 0 saturated heterocycles. The fourth-order valence-electron chi connectivity index (χ4n) is 4.77. The van der Waals surface area contributed by atoms with Gasteiger partial charge in [0.2, 0.25) is 0 Å². The largest absolute Gasteiger partial charge is 0.497 e. The van der Waals surface area contributed by atoms with Gasteiger partial charge in [0.05, 0.1) is 7.11 Å². The van der Waals surface area contributed by atoms with Gasteiger partial charge in [0.15, 0.2) is 0 Å². The van der Waals surface area contributed by atoms with E-state index >= 15 is 0 Å². The maximum absolute atomic E-state index is 10.8. The number of ether oxygens (including phenoxy) is 2. The molecule has 0 aliphatic carbocycles. The maximum atomic E-state index is 10.8. The topological polar surface area (TPSA) is 41.9 Å². The van der Waals surface area contributed by atoms with Crippen molar-refractivity contribution in [2.45, 2.75) is 38.2 Å². The van der Waals surface area contributed by atoms with Gasteiger partial charge in [-0.3, -0.25) is 4.90 Å². The normalized spacial score (nSPS) is 17.0. The molecular formula is C29H34ClNO3. The molecule has 0 spiro atoms. The number of aliphatic hydroxyl groups excluding tert-OH is 1. The minimum Gasteiger partial charge on any atom is -0.497 e. The third-order valence-electron chi connectivity index (χ3n) is 6.56. The van der Waals surface area contributed by atoms with E-state index in [9.17, 15) is 5.11 Å². The average Bonchev–Trinajstić information content (AvgIpc) is 3.00. The number of aryl methyl sites for hydroxylation is 2. The number of nitrogens with zero attached hydrogens (tertiary/aromatic N) is 1. The van der Waals surface area contributed by atoms with Crippen LogP contribution in [0.4, 0.5) is 0 Å². The predicted molar refractivity (Wildman–Crippen MR) is 138 cm³/mol. The zero-order valence-electron chi connectivity index (χ0n) is 20.0. The first kappa shape index (κ1) is 24.6. The van der Waals surface area contributed by atoms with E-state index in [0.717, 1.165) is 54.4 Å². The molecule has 34 heavy (non-hydrogen) atoms. The summed E-state index contributed by atoms with van der Waals surface area (Å²) in [7, 11) is 1.69. The Kier molecular flexibility index (Phi) is 8.49. The molecule has 3 aromatic carbocycles. The third kappa shape index (κ3) is 6.53. The van der Waals surface area contributed by atoms with Gasteiger partial charge >= 0.3 is 0 Å². The number of methoxy groups -OCH3 is 1. The fourth-order valence-corrected chi connectivity index (χ4v) is 4.95. The van der Waals surface area contributed by atoms with Crippen LogP contribution in [0, 0.1) is 0 Å². The van der Waals surface area contributed by atoms with Gasteiger partial charge in [-0.1, -0.05) is 54.9 Å². The van der Waals surface area contributed by atoms with Gasteiger partial charge in [0.25, 0.3) is 0 Å². The lowest BCUT2D eigenvalue weighted by molar-refractivity contribution is 0.0675. The molecule has 1 unspecified atom stereocenters. The molecule has 1 N–H and O–H groups in total. The molecule has 1 aliphatic rings. The summed E-state index contributed by atoms with van der Waals surface area (Å²) >= 11 is 6.22. The number of fused-ring (bicyclic) bond motifs is 1. The molecule has 0 fully saturated rings. The van der Waals surface area contributed by atoms with Crippen molar-refractivity contribution in [3.8, 4) is 11.5 Å². The molecule has 1 heterocycles. The third-order valence-corrected chi connectivity index (χ3v) is 6.79. The summed E-state index contributed by atoms with van der Waals surface area (Å²) in [6, 6.07) is 22.5. The molecule has 0 aromatic heterocycles. The van der Waals surface area contributed by atoms with Gasteiger partial charge in [-0.15, -0.1) is 0 Å². The Morgan fingerprint density at radius 2 is 1.91 bits per heavy atom. The van der Waals surface area contributed by atoms with Crippen molar-refractivity contribution in [2.75, 3.05) is 33.4 Å². The predicted octanol–water partition coefficient (Wildman–Crippen LogP) is 5.54. The van der Waals surface area contributed by atoms with Crippen LogP contribution in [0.3, 0.4) is 0 Å². The van der Waals surface area contributed by atoms with Crippen molar-refractivity contribution >= 4 is 11.6 Å². The van der Waals surface area contributed by atoms with E-state index in [2.05, 4.69) is 42.2 Å². The van der Waals surface area contributed by atoms with Crippen LogP contribution in [-0.4, -0.2) is 49.5 Å². The van der Waals surface area contributed by atoms with Crippen LogP contribution in [0.2, 0.25) is 5.02 Å². The number of benzene rings is 3. The molecular weight excluding hydrogens is 446 g/mol. The molecule has 0 amide bonds. The second-order valence-electron chi connectivity index (χ2n) is 9.18. The fraction of sp³-hybridized carbons (Fsp3) is 0.379. The molecule has 0 saturated carbocycles. The van der Waals surface area contributed by atoms with Crippen molar-refractivity contribution < 1.29 is 14.6 Å². The zero-order valence-corrected chi connectivity index (χ0v) is 20.8. The van der Waals surface area contributed by atoms with Crippen LogP contribution in [0.1, 0.15) is 35.1 Å². The van der Waals surface area contributed by atoms with E-state index in [0.29, 0.717) is 12.5 Å². The highest BCUT2D eigenvalue weighted by molar-refractivity contribution is 6.30. The molecule has 180 valence electrons. The zero-order chi connectivity index (χ0) is 23.9. The van der Waals surface area contributed by atoms with Crippen molar-refractivity contribution in [3.05, 3.63) is 94.0 Å². The van der Waals surface area contributed by atoms with Crippen LogP contribution in [0.25, 0.3) is 0 Å². The quantitative estimate of drug-likeness (QED) is 0.438. The van der Waals surface area contributed by atoms with Crippen LogP contribution < -0.4 is 9.47 Å².